The number of ether oxygens (including phenoxy) is 1. The Morgan fingerprint density at radius 3 is 2.69 bits per heavy atom. The number of hydrogen-bond acceptors (Lipinski definition) is 2. The first-order valence-corrected chi connectivity index (χ1v) is 6.11. The molecule has 0 aliphatic heterocycles. The quantitative estimate of drug-likeness (QED) is 0.792. The number of halogens is 2. The maximum absolute atomic E-state index is 6.04. The van der Waals surface area contributed by atoms with Crippen molar-refractivity contribution in [3.05, 3.63) is 33.8 Å². The van der Waals surface area contributed by atoms with Crippen LogP contribution in [0.2, 0.25) is 10.0 Å². The number of benzene rings is 1. The van der Waals surface area contributed by atoms with E-state index in [0.717, 1.165) is 18.7 Å². The van der Waals surface area contributed by atoms with Crippen molar-refractivity contribution in [3.8, 4) is 0 Å². The van der Waals surface area contributed by atoms with Crippen molar-refractivity contribution in [2.75, 3.05) is 13.2 Å². The Labute approximate surface area is 107 Å². The monoisotopic (exact) mass is 261 g/mol. The fourth-order valence-electron chi connectivity index (χ4n) is 1.25. The second-order valence-corrected chi connectivity index (χ2v) is 4.68. The zero-order valence-electron chi connectivity index (χ0n) is 9.59. The maximum Gasteiger partial charge on any atom is 0.0594 e. The Morgan fingerprint density at radius 2 is 2.06 bits per heavy atom. The molecule has 0 amide bonds. The minimum absolute atomic E-state index is 0.279. The minimum atomic E-state index is 0.279. The predicted molar refractivity (Wildman–Crippen MR) is 69.3 cm³/mol. The molecule has 0 fully saturated rings. The summed E-state index contributed by atoms with van der Waals surface area (Å²) in [6.07, 6.45) is 0.279. The normalized spacial score (nSPS) is 11.1. The van der Waals surface area contributed by atoms with Gasteiger partial charge in [0.25, 0.3) is 0 Å². The largest absolute Gasteiger partial charge is 0.377 e. The second-order valence-electron chi connectivity index (χ2n) is 3.83. The smallest absolute Gasteiger partial charge is 0.0594 e. The van der Waals surface area contributed by atoms with E-state index in [1.54, 1.807) is 6.07 Å². The maximum atomic E-state index is 6.04. The van der Waals surface area contributed by atoms with Crippen LogP contribution in [0.4, 0.5) is 0 Å². The average Bonchev–Trinajstić information content (AvgIpc) is 2.20. The molecule has 0 aliphatic carbocycles. The Balaban J connectivity index is 2.27. The van der Waals surface area contributed by atoms with E-state index in [2.05, 4.69) is 5.32 Å². The van der Waals surface area contributed by atoms with E-state index in [1.165, 1.54) is 0 Å². The standard InChI is InChI=1S/C12H17Cl2NO/c1-9(2)16-6-5-15-8-10-3-4-11(13)7-12(10)14/h3-4,7,9,15H,5-6,8H2,1-2H3. The third-order valence-corrected chi connectivity index (χ3v) is 2.65. The summed E-state index contributed by atoms with van der Waals surface area (Å²) in [6.45, 7) is 6.31. The van der Waals surface area contributed by atoms with Gasteiger partial charge < -0.3 is 10.1 Å². The summed E-state index contributed by atoms with van der Waals surface area (Å²) < 4.78 is 5.41. The predicted octanol–water partition coefficient (Wildman–Crippen LogP) is 3.51. The molecule has 0 aromatic heterocycles. The lowest BCUT2D eigenvalue weighted by Crippen LogP contribution is -2.21. The molecule has 0 saturated carbocycles. The molecular formula is C12H17Cl2NO. The van der Waals surface area contributed by atoms with Crippen LogP contribution in [0.3, 0.4) is 0 Å². The summed E-state index contributed by atoms with van der Waals surface area (Å²) in [5.74, 6) is 0. The van der Waals surface area contributed by atoms with Gasteiger partial charge in [-0.2, -0.15) is 0 Å². The van der Waals surface area contributed by atoms with Crippen molar-refractivity contribution in [3.63, 3.8) is 0 Å². The van der Waals surface area contributed by atoms with Gasteiger partial charge in [-0.1, -0.05) is 29.3 Å². The van der Waals surface area contributed by atoms with Crippen LogP contribution in [0.5, 0.6) is 0 Å². The summed E-state index contributed by atoms with van der Waals surface area (Å²) >= 11 is 11.8. The second kappa shape index (κ2) is 7.13. The van der Waals surface area contributed by atoms with Gasteiger partial charge in [0.2, 0.25) is 0 Å². The Hall–Kier alpha value is -0.280. The zero-order chi connectivity index (χ0) is 12.0. The summed E-state index contributed by atoms with van der Waals surface area (Å²) in [4.78, 5) is 0. The van der Waals surface area contributed by atoms with Crippen molar-refractivity contribution < 1.29 is 4.74 Å². The van der Waals surface area contributed by atoms with Crippen molar-refractivity contribution in [1.82, 2.24) is 5.32 Å². The van der Waals surface area contributed by atoms with Gasteiger partial charge in [0.05, 0.1) is 12.7 Å². The van der Waals surface area contributed by atoms with Crippen LogP contribution in [0, 0.1) is 0 Å². The highest BCUT2D eigenvalue weighted by Gasteiger charge is 2.00. The lowest BCUT2D eigenvalue weighted by atomic mass is 10.2. The summed E-state index contributed by atoms with van der Waals surface area (Å²) in [6, 6.07) is 5.53. The molecule has 0 bridgehead atoms. The van der Waals surface area contributed by atoms with Crippen molar-refractivity contribution in [1.29, 1.82) is 0 Å². The molecule has 16 heavy (non-hydrogen) atoms. The van der Waals surface area contributed by atoms with E-state index in [0.29, 0.717) is 16.7 Å². The van der Waals surface area contributed by atoms with E-state index < -0.39 is 0 Å². The van der Waals surface area contributed by atoms with Crippen LogP contribution in [-0.4, -0.2) is 19.3 Å². The molecule has 1 rings (SSSR count). The van der Waals surface area contributed by atoms with Gasteiger partial charge in [-0.3, -0.25) is 0 Å². The molecule has 0 aliphatic rings. The average molecular weight is 262 g/mol. The first kappa shape index (κ1) is 13.8. The van der Waals surface area contributed by atoms with Crippen LogP contribution in [0.25, 0.3) is 0 Å². The third kappa shape index (κ3) is 5.17. The fraction of sp³-hybridized carbons (Fsp3) is 0.500. The van der Waals surface area contributed by atoms with Crippen LogP contribution in [-0.2, 0) is 11.3 Å². The van der Waals surface area contributed by atoms with Gasteiger partial charge in [-0.25, -0.2) is 0 Å². The van der Waals surface area contributed by atoms with Gasteiger partial charge in [0.15, 0.2) is 0 Å². The molecule has 1 aromatic carbocycles. The van der Waals surface area contributed by atoms with Gasteiger partial charge in [0.1, 0.15) is 0 Å². The number of hydrogen-bond donors (Lipinski definition) is 1. The SMILES string of the molecule is CC(C)OCCNCc1ccc(Cl)cc1Cl. The Kier molecular flexibility index (Phi) is 6.14. The van der Waals surface area contributed by atoms with E-state index in [9.17, 15) is 0 Å². The highest BCUT2D eigenvalue weighted by Crippen LogP contribution is 2.20. The van der Waals surface area contributed by atoms with Crippen molar-refractivity contribution in [2.45, 2.75) is 26.5 Å². The Bertz CT molecular complexity index is 329. The van der Waals surface area contributed by atoms with Crippen molar-refractivity contribution in [2.24, 2.45) is 0 Å². The van der Waals surface area contributed by atoms with Gasteiger partial charge >= 0.3 is 0 Å². The van der Waals surface area contributed by atoms with Crippen LogP contribution >= 0.6 is 23.2 Å². The molecule has 0 unspecified atom stereocenters. The summed E-state index contributed by atoms with van der Waals surface area (Å²) in [7, 11) is 0. The van der Waals surface area contributed by atoms with Crippen LogP contribution in [0.15, 0.2) is 18.2 Å². The van der Waals surface area contributed by atoms with Gasteiger partial charge in [-0.15, -0.1) is 0 Å². The molecule has 1 aromatic rings. The van der Waals surface area contributed by atoms with E-state index in [-0.39, 0.29) is 6.10 Å². The lowest BCUT2D eigenvalue weighted by molar-refractivity contribution is 0.0807. The molecule has 0 saturated heterocycles. The lowest BCUT2D eigenvalue weighted by Gasteiger charge is -2.09. The van der Waals surface area contributed by atoms with Crippen LogP contribution < -0.4 is 5.32 Å². The van der Waals surface area contributed by atoms with Gasteiger partial charge in [-0.05, 0) is 31.5 Å². The van der Waals surface area contributed by atoms with E-state index in [1.807, 2.05) is 26.0 Å². The molecule has 2 nitrogen and oxygen atoms in total. The molecule has 0 atom stereocenters. The molecular weight excluding hydrogens is 245 g/mol. The molecule has 4 heteroatoms. The molecule has 1 N–H and O–H groups in total. The van der Waals surface area contributed by atoms with Gasteiger partial charge in [0, 0.05) is 23.1 Å². The molecule has 90 valence electrons. The Morgan fingerprint density at radius 1 is 1.31 bits per heavy atom. The minimum Gasteiger partial charge on any atom is -0.377 e. The first-order valence-electron chi connectivity index (χ1n) is 5.36. The highest BCUT2D eigenvalue weighted by molar-refractivity contribution is 6.35. The van der Waals surface area contributed by atoms with Crippen molar-refractivity contribution >= 4 is 23.2 Å². The molecule has 0 radical (unpaired) electrons. The first-order chi connectivity index (χ1) is 7.59. The number of rotatable bonds is 6. The van der Waals surface area contributed by atoms with E-state index in [4.69, 9.17) is 27.9 Å². The topological polar surface area (TPSA) is 21.3 Å². The summed E-state index contributed by atoms with van der Waals surface area (Å²) in [5, 5.41) is 4.63. The number of nitrogens with one attached hydrogen (secondary N) is 1. The third-order valence-electron chi connectivity index (χ3n) is 2.06. The van der Waals surface area contributed by atoms with E-state index >= 15 is 0 Å². The summed E-state index contributed by atoms with van der Waals surface area (Å²) in [5.41, 5.74) is 1.05. The highest BCUT2D eigenvalue weighted by atomic mass is 35.5. The zero-order valence-corrected chi connectivity index (χ0v) is 11.1. The molecule has 0 spiro atoms. The van der Waals surface area contributed by atoms with Crippen LogP contribution in [0.1, 0.15) is 19.4 Å². The molecule has 0 heterocycles. The fourth-order valence-corrected chi connectivity index (χ4v) is 1.73.